The molecule has 4 rings (SSSR count). The van der Waals surface area contributed by atoms with E-state index in [4.69, 9.17) is 0 Å². The number of carbonyl (C=O) groups excluding carboxylic acids is 2. The number of rotatable bonds is 5. The molecule has 0 atom stereocenters. The fourth-order valence-corrected chi connectivity index (χ4v) is 3.29. The van der Waals surface area contributed by atoms with E-state index in [1.165, 1.54) is 11.3 Å². The molecule has 8 nitrogen and oxygen atoms in total. The van der Waals surface area contributed by atoms with Crippen LogP contribution in [-0.2, 0) is 7.05 Å². The minimum absolute atomic E-state index is 0.272. The van der Waals surface area contributed by atoms with Crippen LogP contribution >= 0.6 is 11.3 Å². The van der Waals surface area contributed by atoms with Gasteiger partial charge in [-0.2, -0.15) is 5.10 Å². The van der Waals surface area contributed by atoms with Crippen LogP contribution in [0.25, 0.3) is 11.3 Å². The molecule has 1 aromatic carbocycles. The first-order chi connectivity index (χ1) is 14.1. The molecule has 0 fully saturated rings. The third-order valence-corrected chi connectivity index (χ3v) is 4.76. The number of hydrogen-bond acceptors (Lipinski definition) is 6. The van der Waals surface area contributed by atoms with Gasteiger partial charge in [0.15, 0.2) is 10.8 Å². The summed E-state index contributed by atoms with van der Waals surface area (Å²) in [5.41, 5.74) is 2.94. The highest BCUT2D eigenvalue weighted by Crippen LogP contribution is 2.26. The number of pyridine rings is 1. The van der Waals surface area contributed by atoms with E-state index in [-0.39, 0.29) is 11.8 Å². The summed E-state index contributed by atoms with van der Waals surface area (Å²) in [5.74, 6) is -0.578. The normalized spacial score (nSPS) is 10.5. The van der Waals surface area contributed by atoms with Gasteiger partial charge >= 0.3 is 0 Å². The van der Waals surface area contributed by atoms with Crippen LogP contribution in [-0.4, -0.2) is 31.6 Å². The van der Waals surface area contributed by atoms with E-state index in [1.54, 1.807) is 60.5 Å². The molecule has 0 aliphatic carbocycles. The summed E-state index contributed by atoms with van der Waals surface area (Å²) in [6.07, 6.45) is 3.28. The molecule has 3 aromatic heterocycles. The summed E-state index contributed by atoms with van der Waals surface area (Å²) in [5, 5.41) is 12.0. The van der Waals surface area contributed by atoms with Crippen molar-refractivity contribution in [3.8, 4) is 11.3 Å². The van der Waals surface area contributed by atoms with Gasteiger partial charge < -0.3 is 5.32 Å². The molecule has 0 unspecified atom stereocenters. The Balaban J connectivity index is 1.42. The van der Waals surface area contributed by atoms with Crippen molar-refractivity contribution in [1.82, 2.24) is 19.7 Å². The van der Waals surface area contributed by atoms with Crippen molar-refractivity contribution in [3.05, 3.63) is 77.7 Å². The highest BCUT2D eigenvalue weighted by Gasteiger charge is 2.12. The predicted octanol–water partition coefficient (Wildman–Crippen LogP) is 3.44. The molecular formula is C20H16N6O2S. The lowest BCUT2D eigenvalue weighted by molar-refractivity contribution is 0.101. The molecule has 2 N–H and O–H groups in total. The molecule has 0 aliphatic rings. The smallest absolute Gasteiger partial charge is 0.277 e. The second kappa shape index (κ2) is 8.03. The van der Waals surface area contributed by atoms with Crippen molar-refractivity contribution in [2.24, 2.45) is 7.05 Å². The first-order valence-electron chi connectivity index (χ1n) is 8.68. The van der Waals surface area contributed by atoms with Gasteiger partial charge in [-0.3, -0.25) is 24.6 Å². The molecule has 0 saturated carbocycles. The van der Waals surface area contributed by atoms with Gasteiger partial charge in [-0.1, -0.05) is 18.2 Å². The molecule has 29 heavy (non-hydrogen) atoms. The Morgan fingerprint density at radius 2 is 1.76 bits per heavy atom. The van der Waals surface area contributed by atoms with Gasteiger partial charge in [-0.25, -0.2) is 4.98 Å². The zero-order valence-corrected chi connectivity index (χ0v) is 16.2. The first kappa shape index (κ1) is 18.5. The van der Waals surface area contributed by atoms with Crippen LogP contribution in [0, 0.1) is 0 Å². The van der Waals surface area contributed by atoms with Crippen LogP contribution < -0.4 is 10.6 Å². The van der Waals surface area contributed by atoms with Gasteiger partial charge in [0.25, 0.3) is 11.8 Å². The summed E-state index contributed by atoms with van der Waals surface area (Å²) in [6.45, 7) is 0. The lowest BCUT2D eigenvalue weighted by Crippen LogP contribution is -2.13. The fourth-order valence-electron chi connectivity index (χ4n) is 2.58. The Bertz CT molecular complexity index is 1150. The predicted molar refractivity (Wildman–Crippen MR) is 111 cm³/mol. The minimum Gasteiger partial charge on any atom is -0.321 e. The molecule has 0 radical (unpaired) electrons. The van der Waals surface area contributed by atoms with Crippen LogP contribution in [0.15, 0.2) is 66.3 Å². The highest BCUT2D eigenvalue weighted by molar-refractivity contribution is 7.14. The van der Waals surface area contributed by atoms with Crippen molar-refractivity contribution >= 4 is 34.0 Å². The van der Waals surface area contributed by atoms with Gasteiger partial charge in [-0.05, 0) is 30.3 Å². The number of nitrogens with zero attached hydrogens (tertiary/aromatic N) is 4. The van der Waals surface area contributed by atoms with Crippen LogP contribution in [0.1, 0.15) is 21.0 Å². The van der Waals surface area contributed by atoms with Crippen molar-refractivity contribution < 1.29 is 9.59 Å². The molecule has 0 saturated heterocycles. The second-order valence-corrected chi connectivity index (χ2v) is 6.97. The van der Waals surface area contributed by atoms with Crippen LogP contribution in [0.3, 0.4) is 0 Å². The Labute approximate surface area is 170 Å². The van der Waals surface area contributed by atoms with Crippen molar-refractivity contribution in [3.63, 3.8) is 0 Å². The second-order valence-electron chi connectivity index (χ2n) is 6.11. The van der Waals surface area contributed by atoms with Crippen molar-refractivity contribution in [2.45, 2.75) is 0 Å². The van der Waals surface area contributed by atoms with E-state index in [9.17, 15) is 9.59 Å². The van der Waals surface area contributed by atoms with E-state index in [0.29, 0.717) is 22.2 Å². The van der Waals surface area contributed by atoms with Gasteiger partial charge in [0.05, 0.1) is 5.69 Å². The zero-order chi connectivity index (χ0) is 20.2. The lowest BCUT2D eigenvalue weighted by Gasteiger charge is -2.05. The van der Waals surface area contributed by atoms with Gasteiger partial charge in [0, 0.05) is 36.1 Å². The van der Waals surface area contributed by atoms with Gasteiger partial charge in [0.2, 0.25) is 0 Å². The summed E-state index contributed by atoms with van der Waals surface area (Å²) in [6, 6.07) is 14.1. The number of thiazole rings is 1. The van der Waals surface area contributed by atoms with E-state index >= 15 is 0 Å². The Hall–Kier alpha value is -3.85. The topological polar surface area (TPSA) is 102 Å². The molecule has 0 bridgehead atoms. The number of anilines is 2. The maximum Gasteiger partial charge on any atom is 0.277 e. The largest absolute Gasteiger partial charge is 0.321 e. The highest BCUT2D eigenvalue weighted by atomic mass is 32.1. The van der Waals surface area contributed by atoms with Gasteiger partial charge in [-0.15, -0.1) is 11.3 Å². The minimum atomic E-state index is -0.306. The zero-order valence-electron chi connectivity index (χ0n) is 15.4. The molecule has 9 heteroatoms. The number of nitrogens with one attached hydrogen (secondary N) is 2. The molecular weight excluding hydrogens is 388 g/mol. The SMILES string of the molecule is Cn1ccc(C(=O)Nc2nc(-c3ccc(NC(=O)c4ccccn4)cc3)cs2)n1. The van der Waals surface area contributed by atoms with Crippen LogP contribution in [0.5, 0.6) is 0 Å². The van der Waals surface area contributed by atoms with E-state index < -0.39 is 0 Å². The number of benzene rings is 1. The average molecular weight is 404 g/mol. The Kier molecular flexibility index (Phi) is 5.12. The fraction of sp³-hybridized carbons (Fsp3) is 0.0500. The number of carbonyl (C=O) groups is 2. The Morgan fingerprint density at radius 1 is 0.966 bits per heavy atom. The van der Waals surface area contributed by atoms with Crippen LogP contribution in [0.2, 0.25) is 0 Å². The number of aryl methyl sites for hydroxylation is 1. The van der Waals surface area contributed by atoms with E-state index in [0.717, 1.165) is 11.3 Å². The molecule has 144 valence electrons. The lowest BCUT2D eigenvalue weighted by atomic mass is 10.1. The monoisotopic (exact) mass is 404 g/mol. The van der Waals surface area contributed by atoms with Crippen molar-refractivity contribution in [1.29, 1.82) is 0 Å². The third kappa shape index (κ3) is 4.36. The summed E-state index contributed by atoms with van der Waals surface area (Å²) in [7, 11) is 1.75. The standard InChI is InChI=1S/C20H16N6O2S/c1-26-11-9-16(25-26)19(28)24-20-23-17(12-29-20)13-5-7-14(8-6-13)22-18(27)15-4-2-3-10-21-15/h2-12H,1H3,(H,22,27)(H,23,24,28). The molecule has 2 amide bonds. The van der Waals surface area contributed by atoms with Crippen LogP contribution in [0.4, 0.5) is 10.8 Å². The summed E-state index contributed by atoms with van der Waals surface area (Å²) in [4.78, 5) is 32.8. The molecule has 0 aliphatic heterocycles. The summed E-state index contributed by atoms with van der Waals surface area (Å²) >= 11 is 1.33. The average Bonchev–Trinajstić information content (AvgIpc) is 3.38. The number of aromatic nitrogens is 4. The third-order valence-electron chi connectivity index (χ3n) is 4.01. The molecule has 4 aromatic rings. The first-order valence-corrected chi connectivity index (χ1v) is 9.56. The summed E-state index contributed by atoms with van der Waals surface area (Å²) < 4.78 is 1.57. The van der Waals surface area contributed by atoms with Gasteiger partial charge in [0.1, 0.15) is 5.69 Å². The van der Waals surface area contributed by atoms with Crippen molar-refractivity contribution in [2.75, 3.05) is 10.6 Å². The van der Waals surface area contributed by atoms with E-state index in [1.807, 2.05) is 17.5 Å². The molecule has 3 heterocycles. The van der Waals surface area contributed by atoms with E-state index in [2.05, 4.69) is 25.7 Å². The maximum absolute atomic E-state index is 12.2. The maximum atomic E-state index is 12.2. The number of amides is 2. The quantitative estimate of drug-likeness (QED) is 0.530. The Morgan fingerprint density at radius 3 is 2.45 bits per heavy atom. The number of hydrogen-bond donors (Lipinski definition) is 2. The molecule has 0 spiro atoms.